The minimum absolute atomic E-state index is 0.0637. The third-order valence-electron chi connectivity index (χ3n) is 2.75. The van der Waals surface area contributed by atoms with E-state index in [1.54, 1.807) is 11.3 Å². The Bertz CT molecular complexity index is 472. The summed E-state index contributed by atoms with van der Waals surface area (Å²) in [6.45, 7) is 0.426. The Morgan fingerprint density at radius 3 is 2.71 bits per heavy atom. The van der Waals surface area contributed by atoms with E-state index in [4.69, 9.17) is 5.73 Å². The van der Waals surface area contributed by atoms with Crippen LogP contribution in [0, 0.1) is 0 Å². The van der Waals surface area contributed by atoms with Crippen molar-refractivity contribution in [3.05, 3.63) is 56.7 Å². The molecule has 0 aliphatic carbocycles. The normalized spacial score (nSPS) is 14.5. The van der Waals surface area contributed by atoms with Crippen LogP contribution in [0.3, 0.4) is 0 Å². The largest absolute Gasteiger partial charge is 0.387 e. The third kappa shape index (κ3) is 2.96. The number of benzene rings is 1. The topological polar surface area (TPSA) is 46.2 Å². The number of nitrogens with two attached hydrogens (primary N) is 1. The number of hydrogen-bond acceptors (Lipinski definition) is 3. The summed E-state index contributed by atoms with van der Waals surface area (Å²) < 4.78 is 1.01. The number of hydrogen-bond donors (Lipinski definition) is 2. The zero-order valence-electron chi connectivity index (χ0n) is 9.21. The van der Waals surface area contributed by atoms with Gasteiger partial charge in [-0.15, -0.1) is 11.3 Å². The molecule has 1 aromatic heterocycles. The summed E-state index contributed by atoms with van der Waals surface area (Å²) in [5.41, 5.74) is 6.85. The molecule has 4 heteroatoms. The highest BCUT2D eigenvalue weighted by Crippen LogP contribution is 2.33. The number of thiophene rings is 1. The fourth-order valence-electron chi connectivity index (χ4n) is 1.84. The average molecular weight is 312 g/mol. The molecule has 0 radical (unpaired) electrons. The van der Waals surface area contributed by atoms with E-state index in [9.17, 15) is 5.11 Å². The van der Waals surface area contributed by atoms with Gasteiger partial charge in [-0.05, 0) is 29.1 Å². The van der Waals surface area contributed by atoms with Crippen molar-refractivity contribution in [3.63, 3.8) is 0 Å². The molecule has 0 aliphatic heterocycles. The molecule has 0 bridgehead atoms. The molecule has 90 valence electrons. The molecule has 2 nitrogen and oxygen atoms in total. The van der Waals surface area contributed by atoms with Crippen LogP contribution in [-0.2, 0) is 0 Å². The quantitative estimate of drug-likeness (QED) is 0.910. The molecular weight excluding hydrogens is 298 g/mol. The molecule has 0 spiro atoms. The van der Waals surface area contributed by atoms with Crippen molar-refractivity contribution in [2.24, 2.45) is 5.73 Å². The van der Waals surface area contributed by atoms with Crippen molar-refractivity contribution in [2.75, 3.05) is 6.54 Å². The molecule has 1 heterocycles. The molecule has 2 unspecified atom stereocenters. The first-order chi connectivity index (χ1) is 8.22. The van der Waals surface area contributed by atoms with E-state index in [0.717, 1.165) is 14.9 Å². The van der Waals surface area contributed by atoms with Crippen LogP contribution >= 0.6 is 27.3 Å². The maximum absolute atomic E-state index is 10.3. The molecule has 3 N–H and O–H groups in total. The van der Waals surface area contributed by atoms with Crippen LogP contribution in [0.2, 0.25) is 0 Å². The monoisotopic (exact) mass is 311 g/mol. The van der Waals surface area contributed by atoms with E-state index in [-0.39, 0.29) is 5.92 Å². The highest BCUT2D eigenvalue weighted by Gasteiger charge is 2.22. The van der Waals surface area contributed by atoms with Gasteiger partial charge in [-0.2, -0.15) is 0 Å². The van der Waals surface area contributed by atoms with E-state index in [1.165, 1.54) is 0 Å². The van der Waals surface area contributed by atoms with Crippen LogP contribution in [-0.4, -0.2) is 11.7 Å². The van der Waals surface area contributed by atoms with E-state index in [1.807, 2.05) is 41.8 Å². The zero-order chi connectivity index (χ0) is 12.3. The lowest BCUT2D eigenvalue weighted by Gasteiger charge is -2.21. The van der Waals surface area contributed by atoms with Crippen LogP contribution in [0.5, 0.6) is 0 Å². The highest BCUT2D eigenvalue weighted by atomic mass is 79.9. The summed E-state index contributed by atoms with van der Waals surface area (Å²) in [6.07, 6.45) is -0.533. The van der Waals surface area contributed by atoms with Gasteiger partial charge in [-0.1, -0.05) is 34.1 Å². The zero-order valence-corrected chi connectivity index (χ0v) is 11.6. The fourth-order valence-corrected chi connectivity index (χ4v) is 3.03. The maximum atomic E-state index is 10.3. The van der Waals surface area contributed by atoms with Gasteiger partial charge in [0.2, 0.25) is 0 Å². The predicted molar refractivity (Wildman–Crippen MR) is 75.2 cm³/mol. The average Bonchev–Trinajstić information content (AvgIpc) is 2.83. The molecule has 2 aromatic rings. The number of halogens is 1. The van der Waals surface area contributed by atoms with E-state index in [2.05, 4.69) is 15.9 Å². The summed E-state index contributed by atoms with van der Waals surface area (Å²) >= 11 is 4.99. The Kier molecular flexibility index (Phi) is 4.34. The van der Waals surface area contributed by atoms with Gasteiger partial charge in [0.1, 0.15) is 0 Å². The Hall–Kier alpha value is -0.680. The van der Waals surface area contributed by atoms with Crippen molar-refractivity contribution in [3.8, 4) is 0 Å². The summed E-state index contributed by atoms with van der Waals surface area (Å²) in [4.78, 5) is 0.959. The SMILES string of the molecule is NCC(c1cccc(Br)c1)C(O)c1cccs1. The maximum Gasteiger partial charge on any atom is 0.0962 e. The molecule has 0 saturated heterocycles. The smallest absolute Gasteiger partial charge is 0.0962 e. The van der Waals surface area contributed by atoms with Crippen molar-refractivity contribution in [1.82, 2.24) is 0 Å². The van der Waals surface area contributed by atoms with Crippen LogP contribution in [0.4, 0.5) is 0 Å². The molecule has 17 heavy (non-hydrogen) atoms. The standard InChI is InChI=1S/C13H14BrNOS/c14-10-4-1-3-9(7-10)11(8-15)13(16)12-5-2-6-17-12/h1-7,11,13,16H,8,15H2. The first kappa shape index (κ1) is 12.8. The first-order valence-corrected chi connectivity index (χ1v) is 7.06. The minimum Gasteiger partial charge on any atom is -0.387 e. The van der Waals surface area contributed by atoms with E-state index >= 15 is 0 Å². The van der Waals surface area contributed by atoms with Crippen molar-refractivity contribution in [2.45, 2.75) is 12.0 Å². The minimum atomic E-state index is -0.533. The van der Waals surface area contributed by atoms with Crippen molar-refractivity contribution < 1.29 is 5.11 Å². The van der Waals surface area contributed by atoms with Crippen LogP contribution in [0.25, 0.3) is 0 Å². The van der Waals surface area contributed by atoms with Gasteiger partial charge in [0.25, 0.3) is 0 Å². The van der Waals surface area contributed by atoms with Gasteiger partial charge in [-0.3, -0.25) is 0 Å². The molecule has 2 atom stereocenters. The fraction of sp³-hybridized carbons (Fsp3) is 0.231. The van der Waals surface area contributed by atoms with Gasteiger partial charge in [0.15, 0.2) is 0 Å². The van der Waals surface area contributed by atoms with Gasteiger partial charge >= 0.3 is 0 Å². The summed E-state index contributed by atoms with van der Waals surface area (Å²) in [5.74, 6) is -0.0637. The summed E-state index contributed by atoms with van der Waals surface area (Å²) in [6, 6.07) is 11.8. The molecule has 2 rings (SSSR count). The van der Waals surface area contributed by atoms with Crippen LogP contribution < -0.4 is 5.73 Å². The Labute approximate surface area is 113 Å². The number of rotatable bonds is 4. The number of aliphatic hydroxyl groups is 1. The van der Waals surface area contributed by atoms with Gasteiger partial charge in [0, 0.05) is 21.8 Å². The van der Waals surface area contributed by atoms with E-state index < -0.39 is 6.10 Å². The lowest BCUT2D eigenvalue weighted by molar-refractivity contribution is 0.151. The van der Waals surface area contributed by atoms with Crippen molar-refractivity contribution in [1.29, 1.82) is 0 Å². The van der Waals surface area contributed by atoms with Crippen molar-refractivity contribution >= 4 is 27.3 Å². The lowest BCUT2D eigenvalue weighted by atomic mass is 9.92. The molecule has 1 aromatic carbocycles. The predicted octanol–water partition coefficient (Wildman–Crippen LogP) is 3.29. The molecule has 0 fully saturated rings. The molecule has 0 saturated carbocycles. The first-order valence-electron chi connectivity index (χ1n) is 5.39. The number of aliphatic hydroxyl groups excluding tert-OH is 1. The summed E-state index contributed by atoms with van der Waals surface area (Å²) in [7, 11) is 0. The third-order valence-corrected chi connectivity index (χ3v) is 4.18. The second-order valence-electron chi connectivity index (χ2n) is 3.86. The molecule has 0 aliphatic rings. The second kappa shape index (κ2) is 5.78. The Balaban J connectivity index is 2.27. The van der Waals surface area contributed by atoms with E-state index in [0.29, 0.717) is 6.54 Å². The van der Waals surface area contributed by atoms with Crippen LogP contribution in [0.1, 0.15) is 22.5 Å². The van der Waals surface area contributed by atoms with Gasteiger partial charge in [0.05, 0.1) is 6.10 Å². The van der Waals surface area contributed by atoms with Gasteiger partial charge < -0.3 is 10.8 Å². The summed E-state index contributed by atoms with van der Waals surface area (Å²) in [5, 5.41) is 12.3. The van der Waals surface area contributed by atoms with Crippen LogP contribution in [0.15, 0.2) is 46.3 Å². The Morgan fingerprint density at radius 2 is 2.12 bits per heavy atom. The molecular formula is C13H14BrNOS. The second-order valence-corrected chi connectivity index (χ2v) is 5.75. The Morgan fingerprint density at radius 1 is 1.29 bits per heavy atom. The van der Waals surface area contributed by atoms with Gasteiger partial charge in [-0.25, -0.2) is 0 Å². The lowest BCUT2D eigenvalue weighted by Crippen LogP contribution is -2.19. The highest BCUT2D eigenvalue weighted by molar-refractivity contribution is 9.10. The molecule has 0 amide bonds.